The molecule has 18 heavy (non-hydrogen) atoms. The number of nitrogens with one attached hydrogen (secondary N) is 1. The first-order valence-corrected chi connectivity index (χ1v) is 7.39. The second-order valence-electron chi connectivity index (χ2n) is 6.92. The van der Waals surface area contributed by atoms with Crippen molar-refractivity contribution in [2.45, 2.75) is 71.4 Å². The Morgan fingerprint density at radius 1 is 1.11 bits per heavy atom. The minimum atomic E-state index is -0.176. The second kappa shape index (κ2) is 5.60. The molecule has 1 amide bonds. The fourth-order valence-corrected chi connectivity index (χ4v) is 3.18. The molecule has 0 aromatic heterocycles. The molecule has 104 valence electrons. The molecule has 0 aromatic carbocycles. The van der Waals surface area contributed by atoms with Crippen molar-refractivity contribution >= 4 is 5.91 Å². The largest absolute Gasteiger partial charge is 0.368 e. The summed E-state index contributed by atoms with van der Waals surface area (Å²) >= 11 is 0. The van der Waals surface area contributed by atoms with E-state index in [-0.39, 0.29) is 12.0 Å². The Morgan fingerprint density at radius 3 is 2.28 bits per heavy atom. The Kier molecular flexibility index (Phi) is 4.31. The summed E-state index contributed by atoms with van der Waals surface area (Å²) in [5.41, 5.74) is 0.406. The van der Waals surface area contributed by atoms with Gasteiger partial charge in [0.05, 0.1) is 0 Å². The van der Waals surface area contributed by atoms with Crippen LogP contribution in [0.15, 0.2) is 0 Å². The van der Waals surface area contributed by atoms with Crippen molar-refractivity contribution in [2.75, 3.05) is 6.61 Å². The van der Waals surface area contributed by atoms with E-state index >= 15 is 0 Å². The van der Waals surface area contributed by atoms with E-state index in [1.54, 1.807) is 0 Å². The van der Waals surface area contributed by atoms with Gasteiger partial charge in [-0.15, -0.1) is 0 Å². The highest BCUT2D eigenvalue weighted by atomic mass is 16.5. The topological polar surface area (TPSA) is 38.3 Å². The van der Waals surface area contributed by atoms with Gasteiger partial charge in [0.25, 0.3) is 0 Å². The molecule has 3 heteroatoms. The van der Waals surface area contributed by atoms with Crippen LogP contribution in [-0.2, 0) is 9.53 Å². The smallest absolute Gasteiger partial charge is 0.249 e. The first kappa shape index (κ1) is 13.9. The van der Waals surface area contributed by atoms with E-state index in [2.05, 4.69) is 26.1 Å². The quantitative estimate of drug-likeness (QED) is 0.821. The SMILES string of the molecule is CC(C)(C)C1CCC(NC(=O)C2CCCO2)CC1. The van der Waals surface area contributed by atoms with Gasteiger partial charge < -0.3 is 10.1 Å². The number of ether oxygens (including phenoxy) is 1. The lowest BCUT2D eigenvalue weighted by molar-refractivity contribution is -0.131. The Morgan fingerprint density at radius 2 is 1.78 bits per heavy atom. The summed E-state index contributed by atoms with van der Waals surface area (Å²) < 4.78 is 5.42. The third-order valence-electron chi connectivity index (χ3n) is 4.52. The summed E-state index contributed by atoms with van der Waals surface area (Å²) in [6.07, 6.45) is 6.46. The van der Waals surface area contributed by atoms with E-state index in [1.807, 2.05) is 0 Å². The lowest BCUT2D eigenvalue weighted by Gasteiger charge is -2.37. The molecule has 0 aromatic rings. The molecule has 1 aliphatic carbocycles. The summed E-state index contributed by atoms with van der Waals surface area (Å²) in [7, 11) is 0. The van der Waals surface area contributed by atoms with Gasteiger partial charge in [-0.25, -0.2) is 0 Å². The zero-order chi connectivity index (χ0) is 13.2. The van der Waals surface area contributed by atoms with Crippen LogP contribution in [0.3, 0.4) is 0 Å². The maximum absolute atomic E-state index is 12.0. The lowest BCUT2D eigenvalue weighted by atomic mass is 9.71. The van der Waals surface area contributed by atoms with E-state index in [1.165, 1.54) is 12.8 Å². The van der Waals surface area contributed by atoms with Crippen molar-refractivity contribution < 1.29 is 9.53 Å². The molecule has 2 aliphatic rings. The average Bonchev–Trinajstić information content (AvgIpc) is 2.82. The van der Waals surface area contributed by atoms with Crippen molar-refractivity contribution in [3.05, 3.63) is 0 Å². The molecule has 1 saturated carbocycles. The van der Waals surface area contributed by atoms with Crippen molar-refractivity contribution in [3.63, 3.8) is 0 Å². The van der Waals surface area contributed by atoms with Gasteiger partial charge in [-0.05, 0) is 49.9 Å². The number of rotatable bonds is 2. The molecule has 1 heterocycles. The van der Waals surface area contributed by atoms with Crippen LogP contribution in [0, 0.1) is 11.3 Å². The molecule has 1 aliphatic heterocycles. The standard InChI is InChI=1S/C15H27NO2/c1-15(2,3)11-6-8-12(9-7-11)16-14(17)13-5-4-10-18-13/h11-13H,4-10H2,1-3H3,(H,16,17). The van der Waals surface area contributed by atoms with Crippen LogP contribution in [0.2, 0.25) is 0 Å². The molecule has 0 spiro atoms. The van der Waals surface area contributed by atoms with Crippen molar-refractivity contribution in [1.82, 2.24) is 5.32 Å². The van der Waals surface area contributed by atoms with Gasteiger partial charge in [0.1, 0.15) is 6.10 Å². The molecule has 1 saturated heterocycles. The second-order valence-corrected chi connectivity index (χ2v) is 6.92. The summed E-state index contributed by atoms with van der Waals surface area (Å²) in [6, 6.07) is 0.375. The predicted octanol–water partition coefficient (Wildman–Crippen LogP) is 2.89. The highest BCUT2D eigenvalue weighted by Crippen LogP contribution is 2.37. The first-order valence-electron chi connectivity index (χ1n) is 7.39. The Hall–Kier alpha value is -0.570. The maximum atomic E-state index is 12.0. The molecule has 2 rings (SSSR count). The van der Waals surface area contributed by atoms with E-state index in [4.69, 9.17) is 4.74 Å². The normalized spacial score (nSPS) is 33.4. The molecular weight excluding hydrogens is 226 g/mol. The predicted molar refractivity (Wildman–Crippen MR) is 72.3 cm³/mol. The summed E-state index contributed by atoms with van der Waals surface area (Å²) in [5, 5.41) is 3.17. The minimum absolute atomic E-state index is 0.117. The lowest BCUT2D eigenvalue weighted by Crippen LogP contribution is -2.43. The van der Waals surface area contributed by atoms with Gasteiger partial charge in [-0.2, -0.15) is 0 Å². The van der Waals surface area contributed by atoms with Gasteiger partial charge in [0, 0.05) is 12.6 Å². The highest BCUT2D eigenvalue weighted by molar-refractivity contribution is 5.81. The van der Waals surface area contributed by atoms with E-state index in [0.29, 0.717) is 11.5 Å². The fourth-order valence-electron chi connectivity index (χ4n) is 3.18. The Bertz CT molecular complexity index is 281. The number of carbonyl (C=O) groups excluding carboxylic acids is 1. The number of carbonyl (C=O) groups is 1. The van der Waals surface area contributed by atoms with Crippen molar-refractivity contribution in [3.8, 4) is 0 Å². The number of hydrogen-bond acceptors (Lipinski definition) is 2. The molecule has 2 fully saturated rings. The van der Waals surface area contributed by atoms with Crippen LogP contribution in [0.4, 0.5) is 0 Å². The Balaban J connectivity index is 1.75. The number of hydrogen-bond donors (Lipinski definition) is 1. The molecule has 3 nitrogen and oxygen atoms in total. The van der Waals surface area contributed by atoms with E-state index in [9.17, 15) is 4.79 Å². The first-order chi connectivity index (χ1) is 8.47. The third kappa shape index (κ3) is 3.47. The highest BCUT2D eigenvalue weighted by Gasteiger charge is 2.31. The zero-order valence-electron chi connectivity index (χ0n) is 12.0. The van der Waals surface area contributed by atoms with Crippen LogP contribution in [-0.4, -0.2) is 24.7 Å². The zero-order valence-corrected chi connectivity index (χ0v) is 12.0. The van der Waals surface area contributed by atoms with Crippen LogP contribution >= 0.6 is 0 Å². The summed E-state index contributed by atoms with van der Waals surface area (Å²) in [4.78, 5) is 12.0. The van der Waals surface area contributed by atoms with Gasteiger partial charge in [0.2, 0.25) is 5.91 Å². The van der Waals surface area contributed by atoms with E-state index in [0.717, 1.165) is 38.2 Å². The van der Waals surface area contributed by atoms with Crippen LogP contribution < -0.4 is 5.32 Å². The van der Waals surface area contributed by atoms with Crippen molar-refractivity contribution in [2.24, 2.45) is 11.3 Å². The van der Waals surface area contributed by atoms with E-state index < -0.39 is 0 Å². The van der Waals surface area contributed by atoms with Gasteiger partial charge >= 0.3 is 0 Å². The molecule has 1 unspecified atom stereocenters. The van der Waals surface area contributed by atoms with Gasteiger partial charge in [0.15, 0.2) is 0 Å². The molecule has 0 bridgehead atoms. The maximum Gasteiger partial charge on any atom is 0.249 e. The molecule has 1 atom stereocenters. The molecule has 0 radical (unpaired) electrons. The van der Waals surface area contributed by atoms with Crippen LogP contribution in [0.1, 0.15) is 59.3 Å². The molecule has 1 N–H and O–H groups in total. The van der Waals surface area contributed by atoms with Gasteiger partial charge in [-0.3, -0.25) is 4.79 Å². The van der Waals surface area contributed by atoms with Crippen molar-refractivity contribution in [1.29, 1.82) is 0 Å². The monoisotopic (exact) mass is 253 g/mol. The minimum Gasteiger partial charge on any atom is -0.368 e. The average molecular weight is 253 g/mol. The summed E-state index contributed by atoms with van der Waals surface area (Å²) in [5.74, 6) is 0.917. The summed E-state index contributed by atoms with van der Waals surface area (Å²) in [6.45, 7) is 7.71. The van der Waals surface area contributed by atoms with Crippen LogP contribution in [0.5, 0.6) is 0 Å². The van der Waals surface area contributed by atoms with Crippen LogP contribution in [0.25, 0.3) is 0 Å². The van der Waals surface area contributed by atoms with Gasteiger partial charge in [-0.1, -0.05) is 20.8 Å². The number of amides is 1. The Labute approximate surface area is 111 Å². The third-order valence-corrected chi connectivity index (χ3v) is 4.52. The molecular formula is C15H27NO2. The fraction of sp³-hybridized carbons (Fsp3) is 0.933.